The molecule has 2 rings (SSSR count). The molecule has 72 valence electrons. The normalized spacial score (nSPS) is 23.3. The topological polar surface area (TPSA) is 40.7 Å². The summed E-state index contributed by atoms with van der Waals surface area (Å²) in [7, 11) is 0. The number of nitrogens with zero attached hydrogens (tertiary/aromatic N) is 1. The van der Waals surface area contributed by atoms with Gasteiger partial charge in [-0.25, -0.2) is 0 Å². The van der Waals surface area contributed by atoms with Crippen molar-refractivity contribution in [1.29, 1.82) is 0 Å². The second-order valence-corrected chi connectivity index (χ2v) is 3.96. The Labute approximate surface area is 78.9 Å². The predicted molar refractivity (Wildman–Crippen MR) is 52.6 cm³/mol. The maximum Gasteiger partial charge on any atom is 0.0628 e. The molecule has 0 bridgehead atoms. The van der Waals surface area contributed by atoms with Gasteiger partial charge >= 0.3 is 0 Å². The molecule has 1 aromatic rings. The maximum absolute atomic E-state index is 4.26. The van der Waals surface area contributed by atoms with Crippen molar-refractivity contribution in [2.24, 2.45) is 5.92 Å². The van der Waals surface area contributed by atoms with E-state index in [4.69, 9.17) is 0 Å². The van der Waals surface area contributed by atoms with Crippen LogP contribution in [0.3, 0.4) is 0 Å². The second kappa shape index (κ2) is 3.92. The zero-order chi connectivity index (χ0) is 9.10. The Morgan fingerprint density at radius 1 is 1.62 bits per heavy atom. The van der Waals surface area contributed by atoms with Crippen molar-refractivity contribution in [1.82, 2.24) is 15.5 Å². The van der Waals surface area contributed by atoms with Gasteiger partial charge in [-0.15, -0.1) is 0 Å². The summed E-state index contributed by atoms with van der Waals surface area (Å²) >= 11 is 0. The highest BCUT2D eigenvalue weighted by atomic mass is 15.1. The summed E-state index contributed by atoms with van der Waals surface area (Å²) in [6.45, 7) is 4.40. The summed E-state index contributed by atoms with van der Waals surface area (Å²) in [6, 6.07) is 2.15. The highest BCUT2D eigenvalue weighted by Gasteiger charge is 2.14. The summed E-state index contributed by atoms with van der Waals surface area (Å²) < 4.78 is 0. The molecule has 1 unspecified atom stereocenters. The van der Waals surface area contributed by atoms with Crippen LogP contribution < -0.4 is 5.32 Å². The molecule has 2 heterocycles. The molecule has 0 spiro atoms. The van der Waals surface area contributed by atoms with Gasteiger partial charge in [-0.1, -0.05) is 0 Å². The fourth-order valence-corrected chi connectivity index (χ4v) is 1.97. The Balaban J connectivity index is 1.89. The Morgan fingerprint density at radius 3 is 3.15 bits per heavy atom. The standard InChI is InChI=1S/C10H17N3/c1-8-5-10(13-12-8)6-9-3-2-4-11-7-9/h5,9,11H,2-4,6-7H2,1H3,(H,12,13). The molecular formula is C10H17N3. The molecule has 0 amide bonds. The first-order valence-electron chi connectivity index (χ1n) is 5.06. The van der Waals surface area contributed by atoms with Gasteiger partial charge in [0, 0.05) is 5.69 Å². The monoisotopic (exact) mass is 179 g/mol. The molecule has 1 saturated heterocycles. The molecule has 0 saturated carbocycles. The van der Waals surface area contributed by atoms with Crippen LogP contribution in [0.4, 0.5) is 0 Å². The van der Waals surface area contributed by atoms with E-state index in [1.165, 1.54) is 30.8 Å². The Hall–Kier alpha value is -0.830. The molecule has 1 aromatic heterocycles. The lowest BCUT2D eigenvalue weighted by Gasteiger charge is -2.21. The number of hydrogen-bond acceptors (Lipinski definition) is 2. The third kappa shape index (κ3) is 2.31. The number of nitrogens with one attached hydrogen (secondary N) is 2. The Bertz CT molecular complexity index is 261. The number of H-pyrrole nitrogens is 1. The molecule has 3 heteroatoms. The van der Waals surface area contributed by atoms with Crippen molar-refractivity contribution in [3.05, 3.63) is 17.5 Å². The molecular weight excluding hydrogens is 162 g/mol. The average molecular weight is 179 g/mol. The summed E-state index contributed by atoms with van der Waals surface area (Å²) in [5.41, 5.74) is 2.38. The number of aromatic nitrogens is 2. The maximum atomic E-state index is 4.26. The SMILES string of the molecule is Cc1cc(CC2CCCNC2)n[nH]1. The Morgan fingerprint density at radius 2 is 2.54 bits per heavy atom. The van der Waals surface area contributed by atoms with Crippen LogP contribution in [0.2, 0.25) is 0 Å². The van der Waals surface area contributed by atoms with Crippen LogP contribution in [-0.2, 0) is 6.42 Å². The number of aromatic amines is 1. The molecule has 1 aliphatic rings. The predicted octanol–water partition coefficient (Wildman–Crippen LogP) is 1.26. The van der Waals surface area contributed by atoms with Crippen molar-refractivity contribution >= 4 is 0 Å². The van der Waals surface area contributed by atoms with Gasteiger partial charge in [0.15, 0.2) is 0 Å². The van der Waals surface area contributed by atoms with Crippen LogP contribution in [0.25, 0.3) is 0 Å². The van der Waals surface area contributed by atoms with E-state index in [0.29, 0.717) is 0 Å². The van der Waals surface area contributed by atoms with Crippen molar-refractivity contribution < 1.29 is 0 Å². The fourth-order valence-electron chi connectivity index (χ4n) is 1.97. The third-order valence-electron chi connectivity index (χ3n) is 2.66. The minimum Gasteiger partial charge on any atom is -0.316 e. The van der Waals surface area contributed by atoms with Gasteiger partial charge in [0.1, 0.15) is 0 Å². The zero-order valence-corrected chi connectivity index (χ0v) is 8.14. The van der Waals surface area contributed by atoms with Crippen LogP contribution in [0.15, 0.2) is 6.07 Å². The highest BCUT2D eigenvalue weighted by Crippen LogP contribution is 2.15. The first-order valence-corrected chi connectivity index (χ1v) is 5.06. The summed E-state index contributed by atoms with van der Waals surface area (Å²) in [6.07, 6.45) is 3.78. The molecule has 1 aliphatic heterocycles. The number of piperidine rings is 1. The molecule has 1 atom stereocenters. The van der Waals surface area contributed by atoms with Crippen LogP contribution >= 0.6 is 0 Å². The van der Waals surface area contributed by atoms with Gasteiger partial charge in [0.05, 0.1) is 5.69 Å². The fraction of sp³-hybridized carbons (Fsp3) is 0.700. The summed E-state index contributed by atoms with van der Waals surface area (Å²) in [4.78, 5) is 0. The van der Waals surface area contributed by atoms with Crippen LogP contribution in [0.1, 0.15) is 24.2 Å². The minimum absolute atomic E-state index is 0.788. The average Bonchev–Trinajstić information content (AvgIpc) is 2.53. The number of aryl methyl sites for hydroxylation is 1. The lowest BCUT2D eigenvalue weighted by Crippen LogP contribution is -2.30. The molecule has 13 heavy (non-hydrogen) atoms. The van der Waals surface area contributed by atoms with Crippen molar-refractivity contribution in [2.75, 3.05) is 13.1 Å². The van der Waals surface area contributed by atoms with E-state index in [-0.39, 0.29) is 0 Å². The van der Waals surface area contributed by atoms with Crippen LogP contribution in [0, 0.1) is 12.8 Å². The minimum atomic E-state index is 0.788. The van der Waals surface area contributed by atoms with E-state index in [2.05, 4.69) is 28.5 Å². The summed E-state index contributed by atoms with van der Waals surface area (Å²) in [5.74, 6) is 0.788. The smallest absolute Gasteiger partial charge is 0.0628 e. The van der Waals surface area contributed by atoms with Crippen molar-refractivity contribution in [3.63, 3.8) is 0 Å². The van der Waals surface area contributed by atoms with E-state index in [0.717, 1.165) is 18.9 Å². The quantitative estimate of drug-likeness (QED) is 0.717. The van der Waals surface area contributed by atoms with Gasteiger partial charge in [-0.05, 0) is 51.3 Å². The van der Waals surface area contributed by atoms with Crippen molar-refractivity contribution in [2.45, 2.75) is 26.2 Å². The third-order valence-corrected chi connectivity index (χ3v) is 2.66. The summed E-state index contributed by atoms with van der Waals surface area (Å²) in [5, 5.41) is 10.7. The van der Waals surface area contributed by atoms with E-state index in [1.54, 1.807) is 0 Å². The van der Waals surface area contributed by atoms with Gasteiger partial charge in [0.25, 0.3) is 0 Å². The lowest BCUT2D eigenvalue weighted by atomic mass is 9.95. The molecule has 3 nitrogen and oxygen atoms in total. The van der Waals surface area contributed by atoms with Gasteiger partial charge in [-0.2, -0.15) is 5.10 Å². The number of rotatable bonds is 2. The highest BCUT2D eigenvalue weighted by molar-refractivity contribution is 5.07. The zero-order valence-electron chi connectivity index (χ0n) is 8.14. The molecule has 0 aromatic carbocycles. The molecule has 2 N–H and O–H groups in total. The van der Waals surface area contributed by atoms with Crippen LogP contribution in [-0.4, -0.2) is 23.3 Å². The number of hydrogen-bond donors (Lipinski definition) is 2. The molecule has 1 fully saturated rings. The first kappa shape index (κ1) is 8.75. The first-order chi connectivity index (χ1) is 6.34. The van der Waals surface area contributed by atoms with E-state index >= 15 is 0 Å². The largest absolute Gasteiger partial charge is 0.316 e. The molecule has 0 radical (unpaired) electrons. The van der Waals surface area contributed by atoms with Gasteiger partial charge in [-0.3, -0.25) is 5.10 Å². The lowest BCUT2D eigenvalue weighted by molar-refractivity contribution is 0.373. The van der Waals surface area contributed by atoms with Gasteiger partial charge in [0.2, 0.25) is 0 Å². The van der Waals surface area contributed by atoms with Gasteiger partial charge < -0.3 is 5.32 Å². The Kier molecular flexibility index (Phi) is 2.64. The second-order valence-electron chi connectivity index (χ2n) is 3.96. The van der Waals surface area contributed by atoms with Crippen molar-refractivity contribution in [3.8, 4) is 0 Å². The van der Waals surface area contributed by atoms with E-state index < -0.39 is 0 Å². The van der Waals surface area contributed by atoms with Crippen LogP contribution in [0.5, 0.6) is 0 Å². The van der Waals surface area contributed by atoms with E-state index in [1.807, 2.05) is 0 Å². The molecule has 0 aliphatic carbocycles. The van der Waals surface area contributed by atoms with E-state index in [9.17, 15) is 0 Å².